The van der Waals surface area contributed by atoms with E-state index in [0.29, 0.717) is 6.54 Å². The molecule has 1 N–H and O–H groups in total. The van der Waals surface area contributed by atoms with Crippen LogP contribution in [0.2, 0.25) is 0 Å². The van der Waals surface area contributed by atoms with E-state index in [0.717, 1.165) is 31.7 Å². The number of rotatable bonds is 5. The molecule has 1 fully saturated rings. The fourth-order valence-electron chi connectivity index (χ4n) is 3.40. The van der Waals surface area contributed by atoms with E-state index in [2.05, 4.69) is 77.5 Å². The highest BCUT2D eigenvalue weighted by Gasteiger charge is 2.25. The minimum Gasteiger partial charge on any atom is -0.369 e. The molecule has 0 radical (unpaired) electrons. The van der Waals surface area contributed by atoms with Gasteiger partial charge in [-0.2, -0.15) is 0 Å². The van der Waals surface area contributed by atoms with Gasteiger partial charge in [-0.05, 0) is 44.0 Å². The van der Waals surface area contributed by atoms with Crippen LogP contribution < -0.4 is 10.2 Å². The first-order chi connectivity index (χ1) is 12.5. The Hall–Kier alpha value is -2.33. The fraction of sp³-hybridized carbons (Fsp3) is 0.409. The van der Waals surface area contributed by atoms with E-state index in [1.807, 2.05) is 6.92 Å². The van der Waals surface area contributed by atoms with E-state index in [1.54, 1.807) is 0 Å². The van der Waals surface area contributed by atoms with Crippen molar-refractivity contribution in [2.24, 2.45) is 0 Å². The molecule has 0 spiro atoms. The Labute approximate surface area is 156 Å². The van der Waals surface area contributed by atoms with E-state index in [4.69, 9.17) is 0 Å². The van der Waals surface area contributed by atoms with Crippen molar-refractivity contribution in [3.8, 4) is 0 Å². The van der Waals surface area contributed by atoms with Crippen LogP contribution in [-0.4, -0.2) is 43.0 Å². The first-order valence-electron chi connectivity index (χ1n) is 9.42. The lowest BCUT2D eigenvalue weighted by atomic mass is 10.1. The second-order valence-corrected chi connectivity index (χ2v) is 7.24. The minimum atomic E-state index is -0.0971. The summed E-state index contributed by atoms with van der Waals surface area (Å²) in [6.07, 6.45) is 0. The predicted molar refractivity (Wildman–Crippen MR) is 107 cm³/mol. The number of nitrogens with one attached hydrogen (secondary N) is 1. The van der Waals surface area contributed by atoms with Crippen molar-refractivity contribution in [2.75, 3.05) is 31.1 Å². The molecule has 2 aromatic carbocycles. The molecule has 26 heavy (non-hydrogen) atoms. The van der Waals surface area contributed by atoms with Crippen LogP contribution in [0.5, 0.6) is 0 Å². The van der Waals surface area contributed by atoms with Gasteiger partial charge in [0.25, 0.3) is 0 Å². The van der Waals surface area contributed by atoms with E-state index in [1.165, 1.54) is 16.8 Å². The average molecular weight is 351 g/mol. The molecule has 3 rings (SSSR count). The molecule has 0 aromatic heterocycles. The van der Waals surface area contributed by atoms with Crippen molar-refractivity contribution in [2.45, 2.75) is 33.4 Å². The fourth-order valence-corrected chi connectivity index (χ4v) is 3.40. The predicted octanol–water partition coefficient (Wildman–Crippen LogP) is 3.13. The highest BCUT2D eigenvalue weighted by Crippen LogP contribution is 2.18. The van der Waals surface area contributed by atoms with Crippen LogP contribution in [0, 0.1) is 13.8 Å². The highest BCUT2D eigenvalue weighted by atomic mass is 16.2. The third kappa shape index (κ3) is 4.64. The normalized spacial score (nSPS) is 16.3. The summed E-state index contributed by atoms with van der Waals surface area (Å²) in [6.45, 7) is 10.5. The van der Waals surface area contributed by atoms with Gasteiger partial charge in [0.05, 0.1) is 6.04 Å². The standard InChI is InChI=1S/C22H29N3O/c1-17-7-9-20(10-8-17)16-23-22(26)19(3)24-11-13-25(14-12-24)21-6-4-5-18(2)15-21/h4-10,15,19H,11-14,16H2,1-3H3,(H,23,26). The van der Waals surface area contributed by atoms with Gasteiger partial charge in [0.15, 0.2) is 0 Å². The molecule has 1 atom stereocenters. The third-order valence-electron chi connectivity index (χ3n) is 5.20. The second-order valence-electron chi connectivity index (χ2n) is 7.24. The first-order valence-corrected chi connectivity index (χ1v) is 9.42. The molecule has 4 heteroatoms. The Kier molecular flexibility index (Phi) is 5.94. The summed E-state index contributed by atoms with van der Waals surface area (Å²) in [7, 11) is 0. The second kappa shape index (κ2) is 8.37. The van der Waals surface area contributed by atoms with Crippen molar-refractivity contribution in [1.82, 2.24) is 10.2 Å². The number of carbonyl (C=O) groups excluding carboxylic acids is 1. The zero-order valence-corrected chi connectivity index (χ0v) is 16.0. The maximum absolute atomic E-state index is 12.5. The Morgan fingerprint density at radius 3 is 2.35 bits per heavy atom. The molecule has 138 valence electrons. The molecule has 1 aliphatic rings. The molecule has 4 nitrogen and oxygen atoms in total. The SMILES string of the molecule is Cc1ccc(CNC(=O)C(C)N2CCN(c3cccc(C)c3)CC2)cc1. The van der Waals surface area contributed by atoms with Crippen LogP contribution in [0.1, 0.15) is 23.6 Å². The quantitative estimate of drug-likeness (QED) is 0.899. The first kappa shape index (κ1) is 18.5. The monoisotopic (exact) mass is 351 g/mol. The average Bonchev–Trinajstić information content (AvgIpc) is 2.67. The van der Waals surface area contributed by atoms with Gasteiger partial charge in [-0.3, -0.25) is 9.69 Å². The Morgan fingerprint density at radius 2 is 1.69 bits per heavy atom. The molecule has 0 aliphatic carbocycles. The van der Waals surface area contributed by atoms with Crippen LogP contribution >= 0.6 is 0 Å². The number of piperazine rings is 1. The molecular formula is C22H29N3O. The molecule has 1 saturated heterocycles. The number of carbonyl (C=O) groups is 1. The van der Waals surface area contributed by atoms with E-state index < -0.39 is 0 Å². The number of amides is 1. The van der Waals surface area contributed by atoms with Crippen LogP contribution in [0.15, 0.2) is 48.5 Å². The summed E-state index contributed by atoms with van der Waals surface area (Å²) < 4.78 is 0. The van der Waals surface area contributed by atoms with E-state index >= 15 is 0 Å². The van der Waals surface area contributed by atoms with Gasteiger partial charge in [-0.1, -0.05) is 42.0 Å². The molecule has 1 amide bonds. The van der Waals surface area contributed by atoms with Crippen molar-refractivity contribution in [3.05, 3.63) is 65.2 Å². The molecule has 1 aliphatic heterocycles. The maximum atomic E-state index is 12.5. The van der Waals surface area contributed by atoms with Gasteiger partial charge in [-0.15, -0.1) is 0 Å². The lowest BCUT2D eigenvalue weighted by Gasteiger charge is -2.38. The Morgan fingerprint density at radius 1 is 1.00 bits per heavy atom. The van der Waals surface area contributed by atoms with Crippen molar-refractivity contribution >= 4 is 11.6 Å². The highest BCUT2D eigenvalue weighted by molar-refractivity contribution is 5.81. The van der Waals surface area contributed by atoms with Gasteiger partial charge in [-0.25, -0.2) is 0 Å². The number of hydrogen-bond acceptors (Lipinski definition) is 3. The van der Waals surface area contributed by atoms with Gasteiger partial charge in [0.1, 0.15) is 0 Å². The summed E-state index contributed by atoms with van der Waals surface area (Å²) in [5, 5.41) is 3.07. The lowest BCUT2D eigenvalue weighted by Crippen LogP contribution is -2.53. The zero-order valence-electron chi connectivity index (χ0n) is 16.0. The molecule has 0 saturated carbocycles. The molecule has 1 heterocycles. The summed E-state index contributed by atoms with van der Waals surface area (Å²) in [4.78, 5) is 17.2. The Bertz CT molecular complexity index is 733. The van der Waals surface area contributed by atoms with Crippen LogP contribution in [0.3, 0.4) is 0 Å². The number of hydrogen-bond donors (Lipinski definition) is 1. The van der Waals surface area contributed by atoms with Gasteiger partial charge in [0, 0.05) is 38.4 Å². The van der Waals surface area contributed by atoms with Gasteiger partial charge < -0.3 is 10.2 Å². The van der Waals surface area contributed by atoms with Crippen molar-refractivity contribution < 1.29 is 4.79 Å². The number of anilines is 1. The summed E-state index contributed by atoms with van der Waals surface area (Å²) in [5.41, 5.74) is 4.94. The maximum Gasteiger partial charge on any atom is 0.237 e. The minimum absolute atomic E-state index is 0.0971. The zero-order chi connectivity index (χ0) is 18.5. The summed E-state index contributed by atoms with van der Waals surface area (Å²) in [6, 6.07) is 16.8. The van der Waals surface area contributed by atoms with Crippen LogP contribution in [-0.2, 0) is 11.3 Å². The topological polar surface area (TPSA) is 35.6 Å². The van der Waals surface area contributed by atoms with Gasteiger partial charge >= 0.3 is 0 Å². The number of aryl methyl sites for hydroxylation is 2. The molecule has 0 bridgehead atoms. The number of nitrogens with zero attached hydrogens (tertiary/aromatic N) is 2. The smallest absolute Gasteiger partial charge is 0.237 e. The molecule has 1 unspecified atom stereocenters. The summed E-state index contributed by atoms with van der Waals surface area (Å²) in [5.74, 6) is 0.106. The molecule has 2 aromatic rings. The van der Waals surface area contributed by atoms with E-state index in [9.17, 15) is 4.79 Å². The van der Waals surface area contributed by atoms with Crippen molar-refractivity contribution in [1.29, 1.82) is 0 Å². The lowest BCUT2D eigenvalue weighted by molar-refractivity contribution is -0.126. The molecular weight excluding hydrogens is 322 g/mol. The van der Waals surface area contributed by atoms with E-state index in [-0.39, 0.29) is 11.9 Å². The number of benzene rings is 2. The third-order valence-corrected chi connectivity index (χ3v) is 5.20. The van der Waals surface area contributed by atoms with Crippen LogP contribution in [0.25, 0.3) is 0 Å². The van der Waals surface area contributed by atoms with Crippen LogP contribution in [0.4, 0.5) is 5.69 Å². The van der Waals surface area contributed by atoms with Crippen molar-refractivity contribution in [3.63, 3.8) is 0 Å². The Balaban J connectivity index is 1.48. The largest absolute Gasteiger partial charge is 0.369 e. The van der Waals surface area contributed by atoms with Gasteiger partial charge in [0.2, 0.25) is 5.91 Å². The summed E-state index contributed by atoms with van der Waals surface area (Å²) >= 11 is 0.